The maximum absolute atomic E-state index is 13.4. The number of carbonyl (C=O) groups excluding carboxylic acids is 1. The van der Waals surface area contributed by atoms with Crippen molar-refractivity contribution in [2.24, 2.45) is 0 Å². The van der Waals surface area contributed by atoms with Gasteiger partial charge in [0.25, 0.3) is 0 Å². The molecule has 0 fully saturated rings. The molecule has 0 spiro atoms. The van der Waals surface area contributed by atoms with Crippen LogP contribution < -0.4 is 15.4 Å². The van der Waals surface area contributed by atoms with Gasteiger partial charge in [-0.2, -0.15) is 0 Å². The predicted molar refractivity (Wildman–Crippen MR) is 98.9 cm³/mol. The van der Waals surface area contributed by atoms with E-state index < -0.39 is 15.7 Å². The Hall–Kier alpha value is -2.61. The molecule has 0 bridgehead atoms. The Morgan fingerprint density at radius 2 is 1.89 bits per heavy atom. The quantitative estimate of drug-likeness (QED) is 0.741. The molecule has 27 heavy (non-hydrogen) atoms. The molecule has 8 heteroatoms. The summed E-state index contributed by atoms with van der Waals surface area (Å²) in [6.07, 6.45) is 0.848. The highest BCUT2D eigenvalue weighted by Crippen LogP contribution is 2.31. The van der Waals surface area contributed by atoms with Crippen LogP contribution in [0.2, 0.25) is 0 Å². The summed E-state index contributed by atoms with van der Waals surface area (Å²) >= 11 is 0. The fourth-order valence-electron chi connectivity index (χ4n) is 2.97. The van der Waals surface area contributed by atoms with Gasteiger partial charge in [-0.15, -0.1) is 0 Å². The van der Waals surface area contributed by atoms with Crippen LogP contribution in [0, 0.1) is 5.82 Å². The van der Waals surface area contributed by atoms with E-state index in [1.807, 2.05) is 0 Å². The smallest absolute Gasteiger partial charge is 0.315 e. The van der Waals surface area contributed by atoms with Crippen LogP contribution in [0.4, 0.5) is 9.18 Å². The fraction of sp³-hybridized carbons (Fsp3) is 0.316. The molecule has 0 aliphatic carbocycles. The molecule has 0 saturated carbocycles. The SMILES string of the molecule is O=C(NCCCOc1ccccc1F)N[C@@H]1CCS(=O)(=O)c2ccccc21. The van der Waals surface area contributed by atoms with Gasteiger partial charge in [0.05, 0.1) is 23.3 Å². The van der Waals surface area contributed by atoms with Crippen LogP contribution in [-0.2, 0) is 9.84 Å². The Morgan fingerprint density at radius 1 is 1.15 bits per heavy atom. The molecule has 1 aliphatic heterocycles. The van der Waals surface area contributed by atoms with Crippen LogP contribution in [0.5, 0.6) is 5.75 Å². The zero-order valence-electron chi connectivity index (χ0n) is 14.7. The molecular weight excluding hydrogens is 371 g/mol. The van der Waals surface area contributed by atoms with Crippen LogP contribution in [0.3, 0.4) is 0 Å². The summed E-state index contributed by atoms with van der Waals surface area (Å²) in [7, 11) is -3.28. The maximum atomic E-state index is 13.4. The number of hydrogen-bond donors (Lipinski definition) is 2. The van der Waals surface area contributed by atoms with Crippen LogP contribution in [0.25, 0.3) is 0 Å². The van der Waals surface area contributed by atoms with E-state index >= 15 is 0 Å². The summed E-state index contributed by atoms with van der Waals surface area (Å²) in [4.78, 5) is 12.4. The fourth-order valence-corrected chi connectivity index (χ4v) is 4.59. The van der Waals surface area contributed by atoms with Crippen molar-refractivity contribution in [3.8, 4) is 5.75 Å². The highest BCUT2D eigenvalue weighted by molar-refractivity contribution is 7.91. The van der Waals surface area contributed by atoms with Gasteiger partial charge in [-0.25, -0.2) is 17.6 Å². The molecule has 0 radical (unpaired) electrons. The third-order valence-electron chi connectivity index (χ3n) is 4.31. The Bertz CT molecular complexity index is 917. The van der Waals surface area contributed by atoms with E-state index in [4.69, 9.17) is 4.74 Å². The summed E-state index contributed by atoms with van der Waals surface area (Å²) < 4.78 is 43.0. The first kappa shape index (κ1) is 19.2. The molecule has 0 unspecified atom stereocenters. The summed E-state index contributed by atoms with van der Waals surface area (Å²) in [5.74, 6) is -0.234. The average Bonchev–Trinajstić information content (AvgIpc) is 2.65. The molecule has 2 amide bonds. The van der Waals surface area contributed by atoms with E-state index in [0.29, 0.717) is 24.9 Å². The van der Waals surface area contributed by atoms with Crippen LogP contribution in [-0.4, -0.2) is 33.4 Å². The van der Waals surface area contributed by atoms with Crippen molar-refractivity contribution in [3.05, 3.63) is 59.9 Å². The molecule has 0 saturated heterocycles. The van der Waals surface area contributed by atoms with Crippen LogP contribution in [0.15, 0.2) is 53.4 Å². The number of fused-ring (bicyclic) bond motifs is 1. The van der Waals surface area contributed by atoms with Crippen molar-refractivity contribution in [2.75, 3.05) is 18.9 Å². The van der Waals surface area contributed by atoms with E-state index in [0.717, 1.165) is 0 Å². The van der Waals surface area contributed by atoms with E-state index in [1.54, 1.807) is 42.5 Å². The minimum Gasteiger partial charge on any atom is -0.490 e. The Morgan fingerprint density at radius 3 is 2.70 bits per heavy atom. The van der Waals surface area contributed by atoms with E-state index in [2.05, 4.69) is 10.6 Å². The van der Waals surface area contributed by atoms with E-state index in [1.165, 1.54) is 6.07 Å². The number of benzene rings is 2. The zero-order chi connectivity index (χ0) is 19.3. The largest absolute Gasteiger partial charge is 0.490 e. The topological polar surface area (TPSA) is 84.5 Å². The molecule has 2 N–H and O–H groups in total. The molecule has 2 aromatic rings. The number of ether oxygens (including phenoxy) is 1. The summed E-state index contributed by atoms with van der Waals surface area (Å²) in [5.41, 5.74) is 0.613. The zero-order valence-corrected chi connectivity index (χ0v) is 15.5. The molecule has 144 valence electrons. The first-order valence-corrected chi connectivity index (χ1v) is 10.4. The monoisotopic (exact) mass is 392 g/mol. The number of urea groups is 1. The lowest BCUT2D eigenvalue weighted by molar-refractivity contribution is 0.234. The highest BCUT2D eigenvalue weighted by atomic mass is 32.2. The lowest BCUT2D eigenvalue weighted by Gasteiger charge is -2.26. The van der Waals surface area contributed by atoms with E-state index in [-0.39, 0.29) is 35.1 Å². The van der Waals surface area contributed by atoms with Gasteiger partial charge in [0.15, 0.2) is 21.4 Å². The number of para-hydroxylation sites is 1. The van der Waals surface area contributed by atoms with Gasteiger partial charge in [0.2, 0.25) is 0 Å². The number of sulfone groups is 1. The van der Waals surface area contributed by atoms with Gasteiger partial charge in [-0.3, -0.25) is 0 Å². The van der Waals surface area contributed by atoms with E-state index in [9.17, 15) is 17.6 Å². The van der Waals surface area contributed by atoms with Crippen molar-refractivity contribution < 1.29 is 22.3 Å². The Kier molecular flexibility index (Phi) is 5.95. The number of amides is 2. The Balaban J connectivity index is 1.45. The first-order valence-electron chi connectivity index (χ1n) is 8.71. The molecule has 1 aliphatic rings. The van der Waals surface area contributed by atoms with Gasteiger partial charge < -0.3 is 15.4 Å². The average molecular weight is 392 g/mol. The number of rotatable bonds is 6. The molecule has 1 heterocycles. The minimum absolute atomic E-state index is 0.00540. The number of halogens is 1. The number of hydrogen-bond acceptors (Lipinski definition) is 4. The standard InChI is InChI=1S/C19H21FN2O4S/c20-15-7-2-3-8-17(15)26-12-5-11-21-19(23)22-16-10-13-27(24,25)18-9-4-1-6-14(16)18/h1-4,6-9,16H,5,10-13H2,(H2,21,22,23)/t16-/m1/s1. The van der Waals surface area contributed by atoms with Gasteiger partial charge in [-0.1, -0.05) is 30.3 Å². The van der Waals surface area contributed by atoms with Crippen LogP contribution >= 0.6 is 0 Å². The van der Waals surface area contributed by atoms with Crippen molar-refractivity contribution in [2.45, 2.75) is 23.8 Å². The third-order valence-corrected chi connectivity index (χ3v) is 6.13. The third kappa shape index (κ3) is 4.77. The molecule has 0 aromatic heterocycles. The second-order valence-corrected chi connectivity index (χ2v) is 8.31. The first-order chi connectivity index (χ1) is 13.0. The lowest BCUT2D eigenvalue weighted by Crippen LogP contribution is -2.40. The van der Waals surface area contributed by atoms with Crippen molar-refractivity contribution in [3.63, 3.8) is 0 Å². The van der Waals surface area contributed by atoms with Gasteiger partial charge in [0.1, 0.15) is 0 Å². The minimum atomic E-state index is -3.28. The Labute approximate surface area is 157 Å². The molecule has 1 atom stereocenters. The second-order valence-electron chi connectivity index (χ2n) is 6.23. The summed E-state index contributed by atoms with van der Waals surface area (Å²) in [6, 6.07) is 12.1. The highest BCUT2D eigenvalue weighted by Gasteiger charge is 2.30. The van der Waals surface area contributed by atoms with Gasteiger partial charge >= 0.3 is 6.03 Å². The maximum Gasteiger partial charge on any atom is 0.315 e. The summed E-state index contributed by atoms with van der Waals surface area (Å²) in [6.45, 7) is 0.624. The lowest BCUT2D eigenvalue weighted by atomic mass is 10.0. The van der Waals surface area contributed by atoms with Gasteiger partial charge in [0, 0.05) is 6.54 Å². The second kappa shape index (κ2) is 8.39. The molecule has 2 aromatic carbocycles. The summed E-state index contributed by atoms with van der Waals surface area (Å²) in [5, 5.41) is 5.52. The van der Waals surface area contributed by atoms with Gasteiger partial charge in [-0.05, 0) is 36.6 Å². The number of nitrogens with one attached hydrogen (secondary N) is 2. The van der Waals surface area contributed by atoms with Crippen molar-refractivity contribution in [1.82, 2.24) is 10.6 Å². The predicted octanol–water partition coefficient (Wildman–Crippen LogP) is 2.81. The van der Waals surface area contributed by atoms with Crippen LogP contribution in [0.1, 0.15) is 24.4 Å². The molecule has 3 rings (SSSR count). The number of carbonyl (C=O) groups is 1. The normalized spacial score (nSPS) is 17.6. The molecular formula is C19H21FN2O4S. The van der Waals surface area contributed by atoms with Crippen molar-refractivity contribution in [1.29, 1.82) is 0 Å². The van der Waals surface area contributed by atoms with Crippen molar-refractivity contribution >= 4 is 15.9 Å². The molecule has 6 nitrogen and oxygen atoms in total.